The summed E-state index contributed by atoms with van der Waals surface area (Å²) in [6, 6.07) is 2.38. The zero-order valence-electron chi connectivity index (χ0n) is 10.6. The fourth-order valence-electron chi connectivity index (χ4n) is 1.38. The molecule has 98 valence electrons. The molecule has 0 spiro atoms. The normalized spacial score (nSPS) is 12.0. The number of hydrogen-bond acceptors (Lipinski definition) is 5. The summed E-state index contributed by atoms with van der Waals surface area (Å²) in [4.78, 5) is 27.3. The molecule has 0 bridgehead atoms. The molecule has 0 fully saturated rings. The number of esters is 1. The number of nitrogens with two attached hydrogens (primary N) is 1. The molecule has 0 aliphatic rings. The van der Waals surface area contributed by atoms with Crippen LogP contribution in [-0.4, -0.2) is 30.0 Å². The lowest BCUT2D eigenvalue weighted by atomic mass is 10.0. The molecule has 1 rings (SSSR count). The molecular formula is C12H17N3O3. The second kappa shape index (κ2) is 6.00. The summed E-state index contributed by atoms with van der Waals surface area (Å²) in [7, 11) is 1.28. The summed E-state index contributed by atoms with van der Waals surface area (Å²) < 4.78 is 4.64. The molecule has 0 unspecified atom stereocenters. The van der Waals surface area contributed by atoms with Crippen LogP contribution in [0.4, 0.5) is 5.69 Å². The van der Waals surface area contributed by atoms with Crippen molar-refractivity contribution in [1.29, 1.82) is 0 Å². The highest BCUT2D eigenvalue weighted by Crippen LogP contribution is 2.06. The number of nitrogen functional groups attached to an aromatic ring is 1. The number of rotatable bonds is 4. The minimum atomic E-state index is -0.693. The highest BCUT2D eigenvalue weighted by Gasteiger charge is 2.25. The van der Waals surface area contributed by atoms with Crippen molar-refractivity contribution in [2.45, 2.75) is 19.9 Å². The number of nitrogens with zero attached hydrogens (tertiary/aromatic N) is 1. The first-order valence-corrected chi connectivity index (χ1v) is 5.56. The summed E-state index contributed by atoms with van der Waals surface area (Å²) in [5, 5.41) is 2.59. The van der Waals surface area contributed by atoms with E-state index in [2.05, 4.69) is 15.0 Å². The average molecular weight is 251 g/mol. The molecular weight excluding hydrogens is 234 g/mol. The predicted molar refractivity (Wildman–Crippen MR) is 66.8 cm³/mol. The molecule has 0 saturated carbocycles. The summed E-state index contributed by atoms with van der Waals surface area (Å²) in [5.41, 5.74) is 6.16. The zero-order chi connectivity index (χ0) is 13.7. The van der Waals surface area contributed by atoms with Gasteiger partial charge in [0.1, 0.15) is 11.7 Å². The second-order valence-corrected chi connectivity index (χ2v) is 4.20. The van der Waals surface area contributed by atoms with Gasteiger partial charge < -0.3 is 15.8 Å². The van der Waals surface area contributed by atoms with Crippen LogP contribution < -0.4 is 11.1 Å². The largest absolute Gasteiger partial charge is 0.467 e. The van der Waals surface area contributed by atoms with Crippen molar-refractivity contribution >= 4 is 17.6 Å². The molecule has 1 amide bonds. The van der Waals surface area contributed by atoms with Gasteiger partial charge in [-0.05, 0) is 18.1 Å². The first-order chi connectivity index (χ1) is 8.45. The van der Waals surface area contributed by atoms with Crippen LogP contribution in [0.15, 0.2) is 18.3 Å². The Bertz CT molecular complexity index is 429. The molecule has 0 aliphatic heterocycles. The molecule has 0 aromatic carbocycles. The second-order valence-electron chi connectivity index (χ2n) is 4.20. The predicted octanol–water partition coefficient (Wildman–Crippen LogP) is 0.591. The summed E-state index contributed by atoms with van der Waals surface area (Å²) >= 11 is 0. The molecule has 6 heteroatoms. The number of pyridine rings is 1. The molecule has 1 atom stereocenters. The van der Waals surface area contributed by atoms with E-state index in [9.17, 15) is 9.59 Å². The number of aromatic nitrogens is 1. The Labute approximate surface area is 106 Å². The van der Waals surface area contributed by atoms with Crippen LogP contribution in [-0.2, 0) is 9.53 Å². The van der Waals surface area contributed by atoms with Crippen LogP contribution in [0.1, 0.15) is 24.3 Å². The van der Waals surface area contributed by atoms with E-state index < -0.39 is 17.9 Å². The van der Waals surface area contributed by atoms with Gasteiger partial charge in [-0.3, -0.25) is 4.79 Å². The number of hydrogen-bond donors (Lipinski definition) is 2. The number of methoxy groups -OCH3 is 1. The Hall–Kier alpha value is -2.11. The fraction of sp³-hybridized carbons (Fsp3) is 0.417. The minimum Gasteiger partial charge on any atom is -0.467 e. The summed E-state index contributed by atoms with van der Waals surface area (Å²) in [6.07, 6.45) is 1.39. The third-order valence-corrected chi connectivity index (χ3v) is 2.43. The molecule has 1 aromatic heterocycles. The number of nitrogens with one attached hydrogen (secondary N) is 1. The maximum atomic E-state index is 11.9. The van der Waals surface area contributed by atoms with Crippen molar-refractivity contribution in [2.75, 3.05) is 12.8 Å². The highest BCUT2D eigenvalue weighted by atomic mass is 16.5. The topological polar surface area (TPSA) is 94.3 Å². The fourth-order valence-corrected chi connectivity index (χ4v) is 1.38. The van der Waals surface area contributed by atoms with E-state index in [0.29, 0.717) is 5.69 Å². The van der Waals surface area contributed by atoms with Gasteiger partial charge in [-0.2, -0.15) is 0 Å². The van der Waals surface area contributed by atoms with Gasteiger partial charge in [0, 0.05) is 0 Å². The van der Waals surface area contributed by atoms with Crippen LogP contribution >= 0.6 is 0 Å². The summed E-state index contributed by atoms with van der Waals surface area (Å²) in [6.45, 7) is 3.64. The molecule has 1 heterocycles. The summed E-state index contributed by atoms with van der Waals surface area (Å²) in [5.74, 6) is -0.983. The van der Waals surface area contributed by atoms with E-state index in [1.54, 1.807) is 6.07 Å². The maximum Gasteiger partial charge on any atom is 0.328 e. The van der Waals surface area contributed by atoms with Crippen LogP contribution in [0, 0.1) is 5.92 Å². The molecule has 0 aliphatic carbocycles. The lowest BCUT2D eigenvalue weighted by Gasteiger charge is -2.19. The van der Waals surface area contributed by atoms with E-state index in [4.69, 9.17) is 5.73 Å². The van der Waals surface area contributed by atoms with E-state index in [-0.39, 0.29) is 11.6 Å². The lowest BCUT2D eigenvalue weighted by Crippen LogP contribution is -2.45. The Morgan fingerprint density at radius 2 is 2.06 bits per heavy atom. The van der Waals surface area contributed by atoms with E-state index >= 15 is 0 Å². The standard InChI is InChI=1S/C12H17N3O3/c1-7(2)10(12(17)18-3)15-11(16)9-5-4-8(13)6-14-9/h4-7,10H,13H2,1-3H3,(H,15,16)/t10-/m0/s1. The van der Waals surface area contributed by atoms with Crippen molar-refractivity contribution in [2.24, 2.45) is 5.92 Å². The quantitative estimate of drug-likeness (QED) is 0.764. The van der Waals surface area contributed by atoms with Gasteiger partial charge in [0.2, 0.25) is 0 Å². The van der Waals surface area contributed by atoms with Crippen LogP contribution in [0.2, 0.25) is 0 Å². The molecule has 0 radical (unpaired) electrons. The first-order valence-electron chi connectivity index (χ1n) is 5.56. The van der Waals surface area contributed by atoms with Gasteiger partial charge in [-0.25, -0.2) is 9.78 Å². The minimum absolute atomic E-state index is 0.0739. The van der Waals surface area contributed by atoms with Gasteiger partial charge in [0.15, 0.2) is 0 Å². The Kier molecular flexibility index (Phi) is 4.65. The van der Waals surface area contributed by atoms with Crippen molar-refractivity contribution in [3.63, 3.8) is 0 Å². The number of anilines is 1. The Morgan fingerprint density at radius 1 is 1.39 bits per heavy atom. The number of carbonyl (C=O) groups excluding carboxylic acids is 2. The highest BCUT2D eigenvalue weighted by molar-refractivity contribution is 5.95. The lowest BCUT2D eigenvalue weighted by molar-refractivity contribution is -0.144. The average Bonchev–Trinajstić information content (AvgIpc) is 2.35. The third-order valence-electron chi connectivity index (χ3n) is 2.43. The Morgan fingerprint density at radius 3 is 2.50 bits per heavy atom. The smallest absolute Gasteiger partial charge is 0.328 e. The van der Waals surface area contributed by atoms with Crippen molar-refractivity contribution in [3.05, 3.63) is 24.0 Å². The third kappa shape index (κ3) is 3.44. The first kappa shape index (κ1) is 14.0. The van der Waals surface area contributed by atoms with Crippen molar-refractivity contribution < 1.29 is 14.3 Å². The van der Waals surface area contributed by atoms with Crippen LogP contribution in [0.3, 0.4) is 0 Å². The van der Waals surface area contributed by atoms with Gasteiger partial charge >= 0.3 is 5.97 Å². The van der Waals surface area contributed by atoms with Crippen molar-refractivity contribution in [3.8, 4) is 0 Å². The Balaban J connectivity index is 2.78. The van der Waals surface area contributed by atoms with Gasteiger partial charge in [-0.15, -0.1) is 0 Å². The maximum absolute atomic E-state index is 11.9. The molecule has 1 aromatic rings. The number of ether oxygens (including phenoxy) is 1. The molecule has 18 heavy (non-hydrogen) atoms. The number of carbonyl (C=O) groups is 2. The SMILES string of the molecule is COC(=O)[C@@H](NC(=O)c1ccc(N)cn1)C(C)C. The van der Waals surface area contributed by atoms with E-state index in [0.717, 1.165) is 0 Å². The zero-order valence-corrected chi connectivity index (χ0v) is 10.6. The molecule has 0 saturated heterocycles. The van der Waals surface area contributed by atoms with E-state index in [1.165, 1.54) is 19.4 Å². The van der Waals surface area contributed by atoms with Gasteiger partial charge in [-0.1, -0.05) is 13.8 Å². The monoisotopic (exact) mass is 251 g/mol. The van der Waals surface area contributed by atoms with Crippen LogP contribution in [0.25, 0.3) is 0 Å². The molecule has 3 N–H and O–H groups in total. The van der Waals surface area contributed by atoms with Crippen molar-refractivity contribution in [1.82, 2.24) is 10.3 Å². The van der Waals surface area contributed by atoms with Crippen LogP contribution in [0.5, 0.6) is 0 Å². The molecule has 6 nitrogen and oxygen atoms in total. The number of amides is 1. The van der Waals surface area contributed by atoms with Gasteiger partial charge in [0.25, 0.3) is 5.91 Å². The van der Waals surface area contributed by atoms with E-state index in [1.807, 2.05) is 13.8 Å². The van der Waals surface area contributed by atoms with Gasteiger partial charge in [0.05, 0.1) is 19.0 Å².